The molecule has 0 radical (unpaired) electrons. The van der Waals surface area contributed by atoms with E-state index in [-0.39, 0.29) is 0 Å². The van der Waals surface area contributed by atoms with Crippen LogP contribution in [0.2, 0.25) is 0 Å². The van der Waals surface area contributed by atoms with Crippen molar-refractivity contribution in [3.8, 4) is 0 Å². The Kier molecular flexibility index (Phi) is 4.57. The molecule has 0 bridgehead atoms. The molecule has 4 heteroatoms. The average Bonchev–Trinajstić information content (AvgIpc) is 2.76. The standard InChI is InChI=1S/C13H23N3O/c1-16-10-15-8-13(16)7-14-6-11-4-2-3-5-12(11)9-17/h8,10-12,14,17H,2-7,9H2,1H3. The van der Waals surface area contributed by atoms with Crippen LogP contribution in [-0.2, 0) is 13.6 Å². The third-order valence-corrected chi connectivity index (χ3v) is 3.93. The number of hydrogen-bond donors (Lipinski definition) is 2. The van der Waals surface area contributed by atoms with Crippen molar-refractivity contribution in [2.45, 2.75) is 32.2 Å². The Labute approximate surface area is 103 Å². The summed E-state index contributed by atoms with van der Waals surface area (Å²) < 4.78 is 2.04. The Morgan fingerprint density at radius 2 is 2.18 bits per heavy atom. The maximum atomic E-state index is 9.35. The van der Waals surface area contributed by atoms with E-state index < -0.39 is 0 Å². The number of aryl methyl sites for hydroxylation is 1. The van der Waals surface area contributed by atoms with Crippen molar-refractivity contribution in [3.63, 3.8) is 0 Å². The van der Waals surface area contributed by atoms with Crippen molar-refractivity contribution in [1.82, 2.24) is 14.9 Å². The third kappa shape index (κ3) is 3.30. The van der Waals surface area contributed by atoms with Gasteiger partial charge in [0.2, 0.25) is 0 Å². The summed E-state index contributed by atoms with van der Waals surface area (Å²) in [6.45, 7) is 2.22. The lowest BCUT2D eigenvalue weighted by Gasteiger charge is -2.30. The Balaban J connectivity index is 1.75. The zero-order chi connectivity index (χ0) is 12.1. The second-order valence-corrected chi connectivity index (χ2v) is 5.11. The lowest BCUT2D eigenvalue weighted by atomic mass is 9.79. The summed E-state index contributed by atoms with van der Waals surface area (Å²) in [6.07, 6.45) is 8.77. The number of aromatic nitrogens is 2. The normalized spacial score (nSPS) is 25.1. The Bertz CT molecular complexity index is 337. The molecule has 0 spiro atoms. The molecule has 0 amide bonds. The molecular formula is C13H23N3O. The van der Waals surface area contributed by atoms with Crippen LogP contribution in [0, 0.1) is 11.8 Å². The third-order valence-electron chi connectivity index (χ3n) is 3.93. The molecule has 0 saturated heterocycles. The Hall–Kier alpha value is -0.870. The van der Waals surface area contributed by atoms with Gasteiger partial charge in [-0.15, -0.1) is 0 Å². The molecule has 2 rings (SSSR count). The molecule has 1 aliphatic carbocycles. The Morgan fingerprint density at radius 3 is 2.82 bits per heavy atom. The minimum Gasteiger partial charge on any atom is -0.396 e. The molecule has 1 aromatic rings. The van der Waals surface area contributed by atoms with Crippen molar-refractivity contribution < 1.29 is 5.11 Å². The topological polar surface area (TPSA) is 50.1 Å². The van der Waals surface area contributed by atoms with Crippen molar-refractivity contribution in [1.29, 1.82) is 0 Å². The number of hydrogen-bond acceptors (Lipinski definition) is 3. The summed E-state index contributed by atoms with van der Waals surface area (Å²) in [5.41, 5.74) is 1.21. The zero-order valence-electron chi connectivity index (χ0n) is 10.6. The van der Waals surface area contributed by atoms with Gasteiger partial charge in [0, 0.05) is 26.4 Å². The van der Waals surface area contributed by atoms with Crippen LogP contribution < -0.4 is 5.32 Å². The van der Waals surface area contributed by atoms with Gasteiger partial charge in [-0.3, -0.25) is 0 Å². The number of nitrogens with one attached hydrogen (secondary N) is 1. The second kappa shape index (κ2) is 6.17. The van der Waals surface area contributed by atoms with Crippen LogP contribution >= 0.6 is 0 Å². The lowest BCUT2D eigenvalue weighted by Crippen LogP contribution is -2.32. The van der Waals surface area contributed by atoms with E-state index in [1.165, 1.54) is 31.4 Å². The zero-order valence-corrected chi connectivity index (χ0v) is 10.6. The lowest BCUT2D eigenvalue weighted by molar-refractivity contribution is 0.133. The quantitative estimate of drug-likeness (QED) is 0.812. The van der Waals surface area contributed by atoms with E-state index in [9.17, 15) is 5.11 Å². The van der Waals surface area contributed by atoms with Crippen LogP contribution in [0.4, 0.5) is 0 Å². The molecule has 17 heavy (non-hydrogen) atoms. The minimum absolute atomic E-state index is 0.345. The SMILES string of the molecule is Cn1cncc1CNCC1CCCCC1CO. The summed E-state index contributed by atoms with van der Waals surface area (Å²) in [5.74, 6) is 1.14. The maximum absolute atomic E-state index is 9.35. The molecule has 1 fully saturated rings. The first-order chi connectivity index (χ1) is 8.31. The largest absolute Gasteiger partial charge is 0.396 e. The molecule has 0 aromatic carbocycles. The molecule has 1 heterocycles. The van der Waals surface area contributed by atoms with Crippen LogP contribution in [0.15, 0.2) is 12.5 Å². The number of aliphatic hydroxyl groups excluding tert-OH is 1. The predicted molar refractivity (Wildman–Crippen MR) is 67.4 cm³/mol. The fourth-order valence-corrected chi connectivity index (χ4v) is 2.73. The smallest absolute Gasteiger partial charge is 0.0945 e. The van der Waals surface area contributed by atoms with Gasteiger partial charge in [0.15, 0.2) is 0 Å². The molecule has 1 aromatic heterocycles. The van der Waals surface area contributed by atoms with Crippen LogP contribution in [0.5, 0.6) is 0 Å². The van der Waals surface area contributed by atoms with Crippen molar-refractivity contribution in [3.05, 3.63) is 18.2 Å². The fraction of sp³-hybridized carbons (Fsp3) is 0.769. The molecule has 1 aliphatic rings. The summed E-state index contributed by atoms with van der Waals surface area (Å²) in [6, 6.07) is 0. The predicted octanol–water partition coefficient (Wildman–Crippen LogP) is 1.31. The highest BCUT2D eigenvalue weighted by atomic mass is 16.3. The highest BCUT2D eigenvalue weighted by molar-refractivity contribution is 4.96. The van der Waals surface area contributed by atoms with Gasteiger partial charge in [-0.05, 0) is 31.2 Å². The van der Waals surface area contributed by atoms with Crippen LogP contribution in [0.25, 0.3) is 0 Å². The maximum Gasteiger partial charge on any atom is 0.0945 e. The highest BCUT2D eigenvalue weighted by Gasteiger charge is 2.23. The van der Waals surface area contributed by atoms with Crippen LogP contribution in [-0.4, -0.2) is 27.8 Å². The molecule has 0 aliphatic heterocycles. The van der Waals surface area contributed by atoms with Crippen molar-refractivity contribution in [2.75, 3.05) is 13.2 Å². The molecular weight excluding hydrogens is 214 g/mol. The van der Waals surface area contributed by atoms with E-state index in [4.69, 9.17) is 0 Å². The van der Waals surface area contributed by atoms with Gasteiger partial charge in [-0.1, -0.05) is 12.8 Å². The molecule has 2 atom stereocenters. The van der Waals surface area contributed by atoms with E-state index in [0.29, 0.717) is 18.4 Å². The van der Waals surface area contributed by atoms with E-state index in [1.54, 1.807) is 0 Å². The summed E-state index contributed by atoms with van der Waals surface area (Å²) in [7, 11) is 2.02. The fourth-order valence-electron chi connectivity index (χ4n) is 2.73. The number of imidazole rings is 1. The first-order valence-corrected chi connectivity index (χ1v) is 6.58. The Morgan fingerprint density at radius 1 is 1.41 bits per heavy atom. The van der Waals surface area contributed by atoms with Gasteiger partial charge < -0.3 is 15.0 Å². The van der Waals surface area contributed by atoms with E-state index in [1.807, 2.05) is 24.1 Å². The number of aliphatic hydroxyl groups is 1. The molecule has 96 valence electrons. The number of rotatable bonds is 5. The van der Waals surface area contributed by atoms with Gasteiger partial charge in [0.25, 0.3) is 0 Å². The average molecular weight is 237 g/mol. The van der Waals surface area contributed by atoms with Crippen LogP contribution in [0.3, 0.4) is 0 Å². The summed E-state index contributed by atoms with van der Waals surface area (Å²) in [4.78, 5) is 4.10. The van der Waals surface area contributed by atoms with Crippen molar-refractivity contribution >= 4 is 0 Å². The van der Waals surface area contributed by atoms with Crippen molar-refractivity contribution in [2.24, 2.45) is 18.9 Å². The second-order valence-electron chi connectivity index (χ2n) is 5.11. The highest BCUT2D eigenvalue weighted by Crippen LogP contribution is 2.29. The van der Waals surface area contributed by atoms with Gasteiger partial charge in [-0.2, -0.15) is 0 Å². The van der Waals surface area contributed by atoms with E-state index in [0.717, 1.165) is 13.1 Å². The first kappa shape index (κ1) is 12.6. The first-order valence-electron chi connectivity index (χ1n) is 6.58. The minimum atomic E-state index is 0.345. The van der Waals surface area contributed by atoms with Gasteiger partial charge in [-0.25, -0.2) is 4.98 Å². The van der Waals surface area contributed by atoms with E-state index >= 15 is 0 Å². The van der Waals surface area contributed by atoms with Gasteiger partial charge in [0.05, 0.1) is 12.0 Å². The van der Waals surface area contributed by atoms with Gasteiger partial charge >= 0.3 is 0 Å². The summed E-state index contributed by atoms with van der Waals surface area (Å²) in [5, 5.41) is 12.8. The summed E-state index contributed by atoms with van der Waals surface area (Å²) >= 11 is 0. The van der Waals surface area contributed by atoms with Gasteiger partial charge in [0.1, 0.15) is 0 Å². The molecule has 4 nitrogen and oxygen atoms in total. The number of nitrogens with zero attached hydrogens (tertiary/aromatic N) is 2. The monoisotopic (exact) mass is 237 g/mol. The van der Waals surface area contributed by atoms with Crippen LogP contribution in [0.1, 0.15) is 31.4 Å². The molecule has 2 N–H and O–H groups in total. The van der Waals surface area contributed by atoms with E-state index in [2.05, 4.69) is 10.3 Å². The molecule has 2 unspecified atom stereocenters. The molecule has 1 saturated carbocycles.